The molecule has 0 fully saturated rings. The second-order valence-corrected chi connectivity index (χ2v) is 22.7. The summed E-state index contributed by atoms with van der Waals surface area (Å²) in [6.07, 6.45) is 0. The Morgan fingerprint density at radius 3 is 1.82 bits per heavy atom. The summed E-state index contributed by atoms with van der Waals surface area (Å²) < 4.78 is 1.88. The molecule has 5 heteroatoms. The van der Waals surface area contributed by atoms with Crippen LogP contribution in [0.1, 0.15) is 0 Å². The molecule has 1 rings (SSSR count). The minimum absolute atomic E-state index is 0.882. The third-order valence-corrected chi connectivity index (χ3v) is 8.91. The molecule has 0 aliphatic rings. The maximum atomic E-state index is 5.84. The van der Waals surface area contributed by atoms with Gasteiger partial charge in [-0.2, -0.15) is 0 Å². The fraction of sp³-hybridized carbons (Fsp3) is 0. The van der Waals surface area contributed by atoms with Crippen molar-refractivity contribution in [1.29, 1.82) is 0 Å². The number of benzene rings is 1. The molecule has 1 aromatic carbocycles. The Bertz CT molecular complexity index is 241. The molecule has 60 valence electrons. The van der Waals surface area contributed by atoms with Gasteiger partial charge in [0.25, 0.3) is 0 Å². The number of hydrogen-bond acceptors (Lipinski definition) is 0. The summed E-state index contributed by atoms with van der Waals surface area (Å²) in [7, 11) is 17.5. The fourth-order valence-electron chi connectivity index (χ4n) is 0.639. The van der Waals surface area contributed by atoms with Crippen LogP contribution in [0.3, 0.4) is 0 Å². The molecule has 0 atom stereocenters. The van der Waals surface area contributed by atoms with E-state index in [1.54, 1.807) is 0 Å². The average Bonchev–Trinajstić information content (AvgIpc) is 1.86. The molecule has 0 saturated heterocycles. The summed E-state index contributed by atoms with van der Waals surface area (Å²) in [6, 6.07) is 7.47. The maximum absolute atomic E-state index is 5.84. The Labute approximate surface area is 89.0 Å². The van der Waals surface area contributed by atoms with Crippen molar-refractivity contribution in [3.63, 3.8) is 0 Å². The zero-order chi connectivity index (χ0) is 8.48. The van der Waals surface area contributed by atoms with Crippen molar-refractivity contribution in [1.82, 2.24) is 0 Å². The van der Waals surface area contributed by atoms with Gasteiger partial charge in [0.2, 0.25) is 0 Å². The molecule has 0 heterocycles. The van der Waals surface area contributed by atoms with Crippen LogP contribution in [0.4, 0.5) is 0 Å². The summed E-state index contributed by atoms with van der Waals surface area (Å²) in [5.74, 6) is 0. The number of halogens is 4. The average molecular weight is 381 g/mol. The Morgan fingerprint density at radius 1 is 1.00 bits per heavy atom. The SMILES string of the molecule is [Cl][Sn]([Cl])([Cl])[c]1ccc(Br)cc1. The van der Waals surface area contributed by atoms with Gasteiger partial charge in [0.1, 0.15) is 0 Å². The molecule has 0 spiro atoms. The van der Waals surface area contributed by atoms with Crippen molar-refractivity contribution in [3.8, 4) is 0 Å². The molecule has 0 saturated carbocycles. The van der Waals surface area contributed by atoms with Crippen molar-refractivity contribution in [2.75, 3.05) is 0 Å². The van der Waals surface area contributed by atoms with Gasteiger partial charge < -0.3 is 0 Å². The number of hydrogen-bond donors (Lipinski definition) is 0. The van der Waals surface area contributed by atoms with E-state index in [0.29, 0.717) is 0 Å². The van der Waals surface area contributed by atoms with Gasteiger partial charge in [-0.3, -0.25) is 0 Å². The second-order valence-electron chi connectivity index (χ2n) is 2.00. The van der Waals surface area contributed by atoms with Crippen LogP contribution < -0.4 is 3.58 Å². The predicted molar refractivity (Wildman–Crippen MR) is 57.1 cm³/mol. The molecule has 0 aromatic heterocycles. The van der Waals surface area contributed by atoms with Crippen LogP contribution in [0.15, 0.2) is 28.7 Å². The Hall–Kier alpha value is 1.37. The fourth-order valence-corrected chi connectivity index (χ4v) is 4.99. The van der Waals surface area contributed by atoms with E-state index < -0.39 is 15.0 Å². The van der Waals surface area contributed by atoms with Crippen molar-refractivity contribution in [2.24, 2.45) is 0 Å². The van der Waals surface area contributed by atoms with Crippen LogP contribution in [-0.2, 0) is 0 Å². The molecule has 0 nitrogen and oxygen atoms in total. The van der Waals surface area contributed by atoms with Crippen LogP contribution in [0, 0.1) is 0 Å². The van der Waals surface area contributed by atoms with Crippen LogP contribution in [-0.4, -0.2) is 15.0 Å². The molecular weight excluding hydrogens is 377 g/mol. The third kappa shape index (κ3) is 3.31. The summed E-state index contributed by atoms with van der Waals surface area (Å²) >= 11 is -0.0411. The van der Waals surface area contributed by atoms with Crippen LogP contribution in [0.2, 0.25) is 0 Å². The predicted octanol–water partition coefficient (Wildman–Crippen LogP) is 3.31. The van der Waals surface area contributed by atoms with Gasteiger partial charge in [-0.05, 0) is 0 Å². The summed E-state index contributed by atoms with van der Waals surface area (Å²) in [4.78, 5) is 0. The van der Waals surface area contributed by atoms with Gasteiger partial charge in [-0.15, -0.1) is 0 Å². The van der Waals surface area contributed by atoms with Gasteiger partial charge in [0, 0.05) is 0 Å². The number of rotatable bonds is 1. The second kappa shape index (κ2) is 4.05. The van der Waals surface area contributed by atoms with E-state index in [4.69, 9.17) is 26.8 Å². The van der Waals surface area contributed by atoms with Gasteiger partial charge in [-0.1, -0.05) is 0 Å². The Kier molecular flexibility index (Phi) is 3.85. The monoisotopic (exact) mass is 380 g/mol. The van der Waals surface area contributed by atoms with Crippen LogP contribution in [0.25, 0.3) is 0 Å². The van der Waals surface area contributed by atoms with E-state index in [2.05, 4.69) is 15.9 Å². The van der Waals surface area contributed by atoms with Gasteiger partial charge in [0.15, 0.2) is 0 Å². The molecular formula is C6H4BrCl3Sn. The zero-order valence-electron chi connectivity index (χ0n) is 5.32. The normalized spacial score (nSPS) is 11.6. The minimum atomic E-state index is -3.35. The van der Waals surface area contributed by atoms with E-state index in [1.807, 2.05) is 24.3 Å². The van der Waals surface area contributed by atoms with Crippen LogP contribution >= 0.6 is 42.7 Å². The standard InChI is InChI=1S/C6H4Br.3ClH.Sn/c7-6-4-2-1-3-5-6;;;;/h2-5H;3*1H;/q;;;;+3/p-3. The van der Waals surface area contributed by atoms with Crippen molar-refractivity contribution in [3.05, 3.63) is 28.7 Å². The first-order valence-electron chi connectivity index (χ1n) is 2.83. The van der Waals surface area contributed by atoms with E-state index >= 15 is 0 Å². The molecule has 11 heavy (non-hydrogen) atoms. The first kappa shape index (κ1) is 10.4. The van der Waals surface area contributed by atoms with Gasteiger partial charge in [0.05, 0.1) is 0 Å². The molecule has 0 aliphatic carbocycles. The van der Waals surface area contributed by atoms with Crippen molar-refractivity contribution in [2.45, 2.75) is 0 Å². The van der Waals surface area contributed by atoms with E-state index in [9.17, 15) is 0 Å². The van der Waals surface area contributed by atoms with Crippen molar-refractivity contribution >= 4 is 61.3 Å². The molecule has 0 amide bonds. The molecule has 0 unspecified atom stereocenters. The van der Waals surface area contributed by atoms with E-state index in [-0.39, 0.29) is 0 Å². The van der Waals surface area contributed by atoms with Crippen molar-refractivity contribution < 1.29 is 0 Å². The summed E-state index contributed by atoms with van der Waals surface area (Å²) in [5, 5.41) is 0. The summed E-state index contributed by atoms with van der Waals surface area (Å²) in [6.45, 7) is 0. The molecule has 0 N–H and O–H groups in total. The third-order valence-electron chi connectivity index (χ3n) is 1.17. The van der Waals surface area contributed by atoms with E-state index in [1.165, 1.54) is 0 Å². The first-order valence-corrected chi connectivity index (χ1v) is 15.9. The first-order chi connectivity index (χ1) is 5.00. The topological polar surface area (TPSA) is 0 Å². The van der Waals surface area contributed by atoms with E-state index in [0.717, 1.165) is 8.05 Å². The zero-order valence-corrected chi connectivity index (χ0v) is 12.0. The van der Waals surface area contributed by atoms with Gasteiger partial charge >= 0.3 is 90.0 Å². The quantitative estimate of drug-likeness (QED) is 0.655. The Morgan fingerprint density at radius 2 is 1.45 bits per heavy atom. The molecule has 1 aromatic rings. The van der Waals surface area contributed by atoms with Gasteiger partial charge in [-0.25, -0.2) is 0 Å². The molecule has 0 radical (unpaired) electrons. The van der Waals surface area contributed by atoms with Crippen LogP contribution in [0.5, 0.6) is 0 Å². The molecule has 0 bridgehead atoms. The Balaban J connectivity index is 2.99. The molecule has 0 aliphatic heterocycles. The summed E-state index contributed by atoms with van der Waals surface area (Å²) in [5.41, 5.74) is 0.